The highest BCUT2D eigenvalue weighted by Gasteiger charge is 2.19. The number of carbonyl (C=O) groups is 2. The van der Waals surface area contributed by atoms with E-state index in [2.05, 4.69) is 10.3 Å². The van der Waals surface area contributed by atoms with E-state index in [1.165, 1.54) is 11.3 Å². The second-order valence-electron chi connectivity index (χ2n) is 4.43. The first-order chi connectivity index (χ1) is 10.4. The lowest BCUT2D eigenvalue weighted by Crippen LogP contribution is -2.25. The van der Waals surface area contributed by atoms with E-state index in [4.69, 9.17) is 28.3 Å². The van der Waals surface area contributed by atoms with Gasteiger partial charge >= 0.3 is 5.97 Å². The molecule has 2 aromatic rings. The lowest BCUT2D eigenvalue weighted by Gasteiger charge is -2.02. The molecule has 1 aromatic carbocycles. The standard InChI is InChI=1S/C14H12Cl2N2O3S/c1-7-12(13(21)17-6-5-10(19)20)22-14(18-7)11-8(15)3-2-4-9(11)16/h2-4H,5-6H2,1H3,(H,17,21)(H,19,20). The van der Waals surface area contributed by atoms with Crippen LogP contribution in [0.3, 0.4) is 0 Å². The molecular weight excluding hydrogens is 347 g/mol. The Morgan fingerprint density at radius 1 is 1.32 bits per heavy atom. The molecule has 22 heavy (non-hydrogen) atoms. The molecule has 0 unspecified atom stereocenters. The summed E-state index contributed by atoms with van der Waals surface area (Å²) in [7, 11) is 0. The van der Waals surface area contributed by atoms with E-state index in [1.807, 2.05) is 0 Å². The number of aromatic nitrogens is 1. The maximum atomic E-state index is 12.1. The average molecular weight is 359 g/mol. The molecule has 0 spiro atoms. The van der Waals surface area contributed by atoms with Crippen molar-refractivity contribution in [2.75, 3.05) is 6.54 Å². The van der Waals surface area contributed by atoms with E-state index >= 15 is 0 Å². The smallest absolute Gasteiger partial charge is 0.305 e. The SMILES string of the molecule is Cc1nc(-c2c(Cl)cccc2Cl)sc1C(=O)NCCC(=O)O. The molecule has 0 fully saturated rings. The molecule has 1 amide bonds. The van der Waals surface area contributed by atoms with Crippen LogP contribution in [0.15, 0.2) is 18.2 Å². The Bertz CT molecular complexity index is 711. The summed E-state index contributed by atoms with van der Waals surface area (Å²) < 4.78 is 0. The van der Waals surface area contributed by atoms with Gasteiger partial charge in [-0.3, -0.25) is 9.59 Å². The second kappa shape index (κ2) is 7.09. The lowest BCUT2D eigenvalue weighted by atomic mass is 10.2. The summed E-state index contributed by atoms with van der Waals surface area (Å²) in [5, 5.41) is 12.6. The quantitative estimate of drug-likeness (QED) is 0.855. The molecule has 116 valence electrons. The van der Waals surface area contributed by atoms with Crippen molar-refractivity contribution >= 4 is 46.4 Å². The minimum Gasteiger partial charge on any atom is -0.481 e. The Labute approximate surface area is 140 Å². The average Bonchev–Trinajstić information content (AvgIpc) is 2.80. The largest absolute Gasteiger partial charge is 0.481 e. The fourth-order valence-electron chi connectivity index (χ4n) is 1.78. The van der Waals surface area contributed by atoms with Crippen LogP contribution in [0.2, 0.25) is 10.0 Å². The van der Waals surface area contributed by atoms with Gasteiger partial charge in [-0.25, -0.2) is 4.98 Å². The summed E-state index contributed by atoms with van der Waals surface area (Å²) in [6.45, 7) is 1.77. The molecule has 0 atom stereocenters. The fourth-order valence-corrected chi connectivity index (χ4v) is 3.52. The van der Waals surface area contributed by atoms with E-state index in [1.54, 1.807) is 25.1 Å². The second-order valence-corrected chi connectivity index (χ2v) is 6.24. The van der Waals surface area contributed by atoms with Crippen molar-refractivity contribution in [2.45, 2.75) is 13.3 Å². The molecule has 2 N–H and O–H groups in total. The number of carboxylic acid groups (broad SMARTS) is 1. The van der Waals surface area contributed by atoms with Gasteiger partial charge in [-0.1, -0.05) is 29.3 Å². The summed E-state index contributed by atoms with van der Waals surface area (Å²) >= 11 is 13.4. The van der Waals surface area contributed by atoms with Crippen LogP contribution in [0.5, 0.6) is 0 Å². The van der Waals surface area contributed by atoms with Crippen LogP contribution in [0.1, 0.15) is 21.8 Å². The summed E-state index contributed by atoms with van der Waals surface area (Å²) in [4.78, 5) is 27.3. The number of aliphatic carboxylic acids is 1. The van der Waals surface area contributed by atoms with Gasteiger partial charge in [-0.05, 0) is 19.1 Å². The third-order valence-electron chi connectivity index (χ3n) is 2.80. The zero-order chi connectivity index (χ0) is 16.3. The Balaban J connectivity index is 2.25. The number of thiazole rings is 1. The third kappa shape index (κ3) is 3.76. The van der Waals surface area contributed by atoms with Crippen molar-refractivity contribution in [1.82, 2.24) is 10.3 Å². The molecule has 2 rings (SSSR count). The van der Waals surface area contributed by atoms with Crippen molar-refractivity contribution in [3.63, 3.8) is 0 Å². The highest BCUT2D eigenvalue weighted by atomic mass is 35.5. The van der Waals surface area contributed by atoms with Gasteiger partial charge in [0.05, 0.1) is 22.2 Å². The molecule has 0 radical (unpaired) electrons. The number of hydrogen-bond acceptors (Lipinski definition) is 4. The predicted octanol–water partition coefficient (Wildman–Crippen LogP) is 3.63. The van der Waals surface area contributed by atoms with Crippen molar-refractivity contribution in [1.29, 1.82) is 0 Å². The molecule has 1 aromatic heterocycles. The van der Waals surface area contributed by atoms with Crippen LogP contribution < -0.4 is 5.32 Å². The summed E-state index contributed by atoms with van der Waals surface area (Å²) in [6, 6.07) is 5.13. The van der Waals surface area contributed by atoms with Gasteiger partial charge in [-0.15, -0.1) is 11.3 Å². The van der Waals surface area contributed by atoms with E-state index in [0.717, 1.165) is 0 Å². The van der Waals surface area contributed by atoms with Crippen LogP contribution in [0.25, 0.3) is 10.6 Å². The van der Waals surface area contributed by atoms with Crippen LogP contribution in [0, 0.1) is 6.92 Å². The summed E-state index contributed by atoms with van der Waals surface area (Å²) in [6.07, 6.45) is -0.132. The minimum atomic E-state index is -0.968. The van der Waals surface area contributed by atoms with Gasteiger partial charge in [0.1, 0.15) is 9.88 Å². The molecular formula is C14H12Cl2N2O3S. The molecule has 0 saturated heterocycles. The first-order valence-electron chi connectivity index (χ1n) is 6.32. The van der Waals surface area contributed by atoms with Gasteiger partial charge in [-0.2, -0.15) is 0 Å². The monoisotopic (exact) mass is 358 g/mol. The zero-order valence-corrected chi connectivity index (χ0v) is 13.8. The number of carboxylic acids is 1. The summed E-state index contributed by atoms with van der Waals surface area (Å²) in [5.74, 6) is -1.32. The molecule has 0 aliphatic heterocycles. The number of hydrogen-bond donors (Lipinski definition) is 2. The van der Waals surface area contributed by atoms with Crippen molar-refractivity contribution in [2.24, 2.45) is 0 Å². The van der Waals surface area contributed by atoms with Crippen LogP contribution >= 0.6 is 34.5 Å². The number of nitrogens with one attached hydrogen (secondary N) is 1. The molecule has 0 saturated carbocycles. The van der Waals surface area contributed by atoms with Gasteiger partial charge in [0, 0.05) is 12.1 Å². The van der Waals surface area contributed by atoms with E-state index in [9.17, 15) is 9.59 Å². The number of aryl methyl sites for hydroxylation is 1. The topological polar surface area (TPSA) is 79.3 Å². The van der Waals surface area contributed by atoms with Crippen molar-refractivity contribution < 1.29 is 14.7 Å². The van der Waals surface area contributed by atoms with E-state index in [0.29, 0.717) is 31.2 Å². The first-order valence-corrected chi connectivity index (χ1v) is 7.89. The predicted molar refractivity (Wildman–Crippen MR) is 86.9 cm³/mol. The number of nitrogens with zero attached hydrogens (tertiary/aromatic N) is 1. The van der Waals surface area contributed by atoms with Crippen molar-refractivity contribution in [3.05, 3.63) is 38.8 Å². The number of rotatable bonds is 5. The number of halogens is 2. The highest BCUT2D eigenvalue weighted by Crippen LogP contribution is 2.37. The third-order valence-corrected chi connectivity index (χ3v) is 4.61. The summed E-state index contributed by atoms with van der Waals surface area (Å²) in [5.41, 5.74) is 1.13. The van der Waals surface area contributed by atoms with E-state index < -0.39 is 5.97 Å². The van der Waals surface area contributed by atoms with E-state index in [-0.39, 0.29) is 18.9 Å². The first kappa shape index (κ1) is 16.7. The van der Waals surface area contributed by atoms with Gasteiger partial charge < -0.3 is 10.4 Å². The lowest BCUT2D eigenvalue weighted by molar-refractivity contribution is -0.136. The fraction of sp³-hybridized carbons (Fsp3) is 0.214. The number of carbonyl (C=O) groups excluding carboxylic acids is 1. The highest BCUT2D eigenvalue weighted by molar-refractivity contribution is 7.17. The maximum Gasteiger partial charge on any atom is 0.305 e. The normalized spacial score (nSPS) is 10.5. The Kier molecular flexibility index (Phi) is 5.39. The molecule has 0 aliphatic carbocycles. The van der Waals surface area contributed by atoms with Gasteiger partial charge in [0.2, 0.25) is 0 Å². The molecule has 5 nitrogen and oxygen atoms in total. The van der Waals surface area contributed by atoms with Crippen molar-refractivity contribution in [3.8, 4) is 10.6 Å². The molecule has 0 bridgehead atoms. The van der Waals surface area contributed by atoms with Crippen LogP contribution in [0.4, 0.5) is 0 Å². The maximum absolute atomic E-state index is 12.1. The minimum absolute atomic E-state index is 0.0632. The van der Waals surface area contributed by atoms with Crippen LogP contribution in [-0.4, -0.2) is 28.5 Å². The molecule has 1 heterocycles. The molecule has 8 heteroatoms. The Morgan fingerprint density at radius 2 is 1.95 bits per heavy atom. The number of amides is 1. The van der Waals surface area contributed by atoms with Gasteiger partial charge in [0.25, 0.3) is 5.91 Å². The zero-order valence-electron chi connectivity index (χ0n) is 11.5. The Hall–Kier alpha value is -1.63. The number of benzene rings is 1. The van der Waals surface area contributed by atoms with Crippen LogP contribution in [-0.2, 0) is 4.79 Å². The van der Waals surface area contributed by atoms with Gasteiger partial charge in [0.15, 0.2) is 0 Å². The Morgan fingerprint density at radius 3 is 2.55 bits per heavy atom. The molecule has 0 aliphatic rings.